The van der Waals surface area contributed by atoms with Crippen LogP contribution in [0.15, 0.2) is 0 Å². The van der Waals surface area contributed by atoms with E-state index in [1.807, 2.05) is 6.92 Å². The van der Waals surface area contributed by atoms with E-state index in [9.17, 15) is 4.79 Å². The van der Waals surface area contributed by atoms with Gasteiger partial charge in [-0.3, -0.25) is 4.79 Å². The fourth-order valence-corrected chi connectivity index (χ4v) is 2.20. The summed E-state index contributed by atoms with van der Waals surface area (Å²) in [5.74, 6) is -0.314. The van der Waals surface area contributed by atoms with Gasteiger partial charge in [0.15, 0.2) is 0 Å². The van der Waals surface area contributed by atoms with Crippen LogP contribution in [0.2, 0.25) is 0 Å². The highest BCUT2D eigenvalue weighted by molar-refractivity contribution is 5.66. The summed E-state index contributed by atoms with van der Waals surface area (Å²) in [7, 11) is 0. The molecule has 0 bridgehead atoms. The van der Waals surface area contributed by atoms with E-state index >= 15 is 0 Å². The van der Waals surface area contributed by atoms with Gasteiger partial charge in [-0.25, -0.2) is 0 Å². The van der Waals surface area contributed by atoms with E-state index in [0.717, 1.165) is 6.42 Å². The van der Waals surface area contributed by atoms with Crippen molar-refractivity contribution >= 4 is 5.97 Å². The van der Waals surface area contributed by atoms with E-state index in [2.05, 4.69) is 6.92 Å². The summed E-state index contributed by atoms with van der Waals surface area (Å²) in [5.41, 5.74) is 0. The Kier molecular flexibility index (Phi) is 11.6. The maximum atomic E-state index is 10.5. The Morgan fingerprint density at radius 1 is 0.941 bits per heavy atom. The predicted molar refractivity (Wildman–Crippen MR) is 73.3 cm³/mol. The van der Waals surface area contributed by atoms with E-state index in [4.69, 9.17) is 5.11 Å². The van der Waals surface area contributed by atoms with Gasteiger partial charge in [0.2, 0.25) is 0 Å². The lowest BCUT2D eigenvalue weighted by atomic mass is 9.99. The Bertz CT molecular complexity index is 178. The third-order valence-corrected chi connectivity index (χ3v) is 3.32. The van der Waals surface area contributed by atoms with Gasteiger partial charge in [-0.05, 0) is 5.92 Å². The van der Waals surface area contributed by atoms with Crippen molar-refractivity contribution in [3.8, 4) is 0 Å². The molecule has 0 fully saturated rings. The van der Waals surface area contributed by atoms with Gasteiger partial charge in [0.25, 0.3) is 0 Å². The van der Waals surface area contributed by atoms with Crippen molar-refractivity contribution < 1.29 is 9.90 Å². The number of hydrogen-bond acceptors (Lipinski definition) is 1. The van der Waals surface area contributed by atoms with Crippen LogP contribution in [0, 0.1) is 5.92 Å². The average Bonchev–Trinajstić information content (AvgIpc) is 2.26. The third-order valence-electron chi connectivity index (χ3n) is 3.32. The zero-order valence-electron chi connectivity index (χ0n) is 11.7. The van der Waals surface area contributed by atoms with Gasteiger partial charge in [-0.2, -0.15) is 0 Å². The lowest BCUT2D eigenvalue weighted by Crippen LogP contribution is -2.03. The molecule has 1 N–H and O–H groups in total. The summed E-state index contributed by atoms with van der Waals surface area (Å²) in [6.07, 6.45) is 13.4. The monoisotopic (exact) mass is 242 g/mol. The van der Waals surface area contributed by atoms with E-state index in [1.54, 1.807) is 0 Å². The molecule has 0 aliphatic carbocycles. The van der Waals surface area contributed by atoms with Gasteiger partial charge in [0.1, 0.15) is 0 Å². The molecular weight excluding hydrogens is 212 g/mol. The van der Waals surface area contributed by atoms with Crippen molar-refractivity contribution in [2.45, 2.75) is 84.5 Å². The van der Waals surface area contributed by atoms with Crippen molar-refractivity contribution in [3.63, 3.8) is 0 Å². The van der Waals surface area contributed by atoms with Crippen LogP contribution in [-0.2, 0) is 4.79 Å². The van der Waals surface area contributed by atoms with E-state index < -0.39 is 5.97 Å². The summed E-state index contributed by atoms with van der Waals surface area (Å²) in [4.78, 5) is 10.5. The summed E-state index contributed by atoms with van der Waals surface area (Å²) in [6.45, 7) is 4.29. The summed E-state index contributed by atoms with van der Waals surface area (Å²) < 4.78 is 0. The second-order valence-corrected chi connectivity index (χ2v) is 5.32. The SMILES string of the molecule is CCCCCCCCCCC[C@@H](C)CC(=O)O. The minimum atomic E-state index is -0.659. The zero-order chi connectivity index (χ0) is 12.9. The third kappa shape index (κ3) is 13.4. The molecule has 0 saturated carbocycles. The normalized spacial score (nSPS) is 12.6. The van der Waals surface area contributed by atoms with Gasteiger partial charge in [0, 0.05) is 6.42 Å². The van der Waals surface area contributed by atoms with Crippen molar-refractivity contribution in [2.75, 3.05) is 0 Å². The van der Waals surface area contributed by atoms with Crippen molar-refractivity contribution in [3.05, 3.63) is 0 Å². The van der Waals surface area contributed by atoms with Crippen LogP contribution in [-0.4, -0.2) is 11.1 Å². The molecule has 0 unspecified atom stereocenters. The number of hydrogen-bond donors (Lipinski definition) is 1. The van der Waals surface area contributed by atoms with Crippen molar-refractivity contribution in [2.24, 2.45) is 5.92 Å². The average molecular weight is 242 g/mol. The standard InChI is InChI=1S/C15H30O2/c1-3-4-5-6-7-8-9-10-11-12-14(2)13-15(16)17/h14H,3-13H2,1-2H3,(H,16,17)/t14-/m1/s1. The topological polar surface area (TPSA) is 37.3 Å². The molecule has 1 atom stereocenters. The van der Waals surface area contributed by atoms with Gasteiger partial charge in [-0.15, -0.1) is 0 Å². The lowest BCUT2D eigenvalue weighted by Gasteiger charge is -2.07. The summed E-state index contributed by atoms with van der Waals surface area (Å²) in [6, 6.07) is 0. The molecule has 0 amide bonds. The fourth-order valence-electron chi connectivity index (χ4n) is 2.20. The largest absolute Gasteiger partial charge is 0.481 e. The Hall–Kier alpha value is -0.530. The first-order chi connectivity index (χ1) is 8.16. The molecule has 0 aliphatic rings. The Balaban J connectivity index is 3.10. The Morgan fingerprint density at radius 2 is 1.41 bits per heavy atom. The fraction of sp³-hybridized carbons (Fsp3) is 0.933. The van der Waals surface area contributed by atoms with E-state index in [1.165, 1.54) is 57.8 Å². The molecule has 0 spiro atoms. The molecule has 2 nitrogen and oxygen atoms in total. The number of rotatable bonds is 12. The van der Waals surface area contributed by atoms with Crippen LogP contribution >= 0.6 is 0 Å². The highest BCUT2D eigenvalue weighted by Crippen LogP contribution is 2.15. The number of carboxylic acid groups (broad SMARTS) is 1. The van der Waals surface area contributed by atoms with Crippen LogP contribution in [0.5, 0.6) is 0 Å². The number of carbonyl (C=O) groups is 1. The number of unbranched alkanes of at least 4 members (excludes halogenated alkanes) is 8. The Morgan fingerprint density at radius 3 is 1.88 bits per heavy atom. The number of carboxylic acids is 1. The lowest BCUT2D eigenvalue weighted by molar-refractivity contribution is -0.138. The van der Waals surface area contributed by atoms with E-state index in [0.29, 0.717) is 12.3 Å². The van der Waals surface area contributed by atoms with Gasteiger partial charge < -0.3 is 5.11 Å². The smallest absolute Gasteiger partial charge is 0.303 e. The molecule has 102 valence electrons. The first kappa shape index (κ1) is 16.5. The summed E-state index contributed by atoms with van der Waals surface area (Å²) in [5, 5.41) is 8.63. The van der Waals surface area contributed by atoms with Crippen molar-refractivity contribution in [1.29, 1.82) is 0 Å². The second-order valence-electron chi connectivity index (χ2n) is 5.32. The van der Waals surface area contributed by atoms with Gasteiger partial charge >= 0.3 is 5.97 Å². The highest BCUT2D eigenvalue weighted by atomic mass is 16.4. The minimum absolute atomic E-state index is 0.330. The molecule has 0 aliphatic heterocycles. The molecule has 0 saturated heterocycles. The predicted octanol–water partition coefficient (Wildman–Crippen LogP) is 5.02. The molecule has 17 heavy (non-hydrogen) atoms. The van der Waals surface area contributed by atoms with Crippen LogP contribution < -0.4 is 0 Å². The quantitative estimate of drug-likeness (QED) is 0.488. The van der Waals surface area contributed by atoms with Crippen LogP contribution in [0.3, 0.4) is 0 Å². The maximum absolute atomic E-state index is 10.5. The second kappa shape index (κ2) is 11.9. The molecular formula is C15H30O2. The number of aliphatic carboxylic acids is 1. The first-order valence-electron chi connectivity index (χ1n) is 7.38. The minimum Gasteiger partial charge on any atom is -0.481 e. The molecule has 0 aromatic rings. The van der Waals surface area contributed by atoms with Crippen LogP contribution in [0.1, 0.15) is 84.5 Å². The molecule has 0 rings (SSSR count). The molecule has 0 aromatic carbocycles. The molecule has 0 radical (unpaired) electrons. The zero-order valence-corrected chi connectivity index (χ0v) is 11.7. The van der Waals surface area contributed by atoms with Crippen molar-refractivity contribution in [1.82, 2.24) is 0 Å². The summed E-state index contributed by atoms with van der Waals surface area (Å²) >= 11 is 0. The molecule has 2 heteroatoms. The Labute approximate surface area is 107 Å². The van der Waals surface area contributed by atoms with Gasteiger partial charge in [0.05, 0.1) is 0 Å². The molecule has 0 aromatic heterocycles. The molecule has 0 heterocycles. The van der Waals surface area contributed by atoms with Crippen LogP contribution in [0.25, 0.3) is 0 Å². The van der Waals surface area contributed by atoms with Gasteiger partial charge in [-0.1, -0.05) is 78.1 Å². The highest BCUT2D eigenvalue weighted by Gasteiger charge is 2.06. The first-order valence-corrected chi connectivity index (χ1v) is 7.38. The maximum Gasteiger partial charge on any atom is 0.303 e. The van der Waals surface area contributed by atoms with Crippen LogP contribution in [0.4, 0.5) is 0 Å². The van der Waals surface area contributed by atoms with E-state index in [-0.39, 0.29) is 0 Å².